The largest absolute Gasteiger partial charge is 0.357 e. The number of hydrogen-bond donors (Lipinski definition) is 13. The van der Waals surface area contributed by atoms with Crippen molar-refractivity contribution in [2.24, 2.45) is 11.8 Å². The quantitative estimate of drug-likeness (QED) is 0.0156. The molecular weight excluding hydrogens is 997 g/mol. The van der Waals surface area contributed by atoms with E-state index in [0.29, 0.717) is 31.6 Å². The third-order valence-electron chi connectivity index (χ3n) is 10.9. The van der Waals surface area contributed by atoms with E-state index < -0.39 is 151 Å². The standard InChI is InChI=1S/C48H80N14O14/c1-14-16-17-35(67)52-29(9)43(71)61-38(58-34(24-66)26(5)6)48(76)62(19-15-2)39(50-18-20-63)47(75)56-31(11)42(70)54-32(12)44(72)59-37(57-33(23-65)21-25(3)4)46(74)60-36(51-27(7)22-64)45(73)55-30(10)41(69)53-28(8)40(68)49-13/h14-15,20,22-34,36-39,50-51,57-58H,1-2,16-19,21H2,3-13H3,(H,49,68)(H,52,67)(H,53,69)(H,54,70)(H,55,73)(H,56,75)(H,59,72)(H,60,74)(H,61,71)/t27-,28-,29-,30-,31-,32-,33+,34-,36+,37+,38+,39+/m0/s1. The Balaban J connectivity index is 6.68. The van der Waals surface area contributed by atoms with Gasteiger partial charge in [-0.05, 0) is 66.2 Å². The van der Waals surface area contributed by atoms with Crippen molar-refractivity contribution < 1.29 is 67.1 Å². The van der Waals surface area contributed by atoms with Crippen LogP contribution in [0.4, 0.5) is 0 Å². The Kier molecular flexibility index (Phi) is 32.4. The highest BCUT2D eigenvalue weighted by atomic mass is 16.2. The number of carbonyl (C=O) groups is 14. The van der Waals surface area contributed by atoms with Gasteiger partial charge in [0.1, 0.15) is 55.4 Å². The van der Waals surface area contributed by atoms with Gasteiger partial charge in [0.05, 0.1) is 24.7 Å². The number of rotatable bonds is 38. The zero-order valence-corrected chi connectivity index (χ0v) is 45.2. The molecule has 0 aliphatic carbocycles. The topological polar surface area (TPSA) is 399 Å². The number of allylic oxidation sites excluding steroid dienone is 1. The Morgan fingerprint density at radius 1 is 0.500 bits per heavy atom. The van der Waals surface area contributed by atoms with Crippen LogP contribution in [0.25, 0.3) is 0 Å². The van der Waals surface area contributed by atoms with Crippen LogP contribution in [0.15, 0.2) is 25.3 Å². The Bertz CT molecular complexity index is 2060. The van der Waals surface area contributed by atoms with Crippen LogP contribution in [0, 0.1) is 11.8 Å². The molecule has 0 unspecified atom stereocenters. The lowest BCUT2D eigenvalue weighted by Gasteiger charge is -2.35. The molecule has 0 saturated carbocycles. The number of nitrogens with zero attached hydrogens (tertiary/aromatic N) is 1. The number of carbonyl (C=O) groups excluding carboxylic acids is 14. The molecule has 0 aliphatic heterocycles. The molecule has 0 fully saturated rings. The van der Waals surface area contributed by atoms with Crippen LogP contribution >= 0.6 is 0 Å². The van der Waals surface area contributed by atoms with E-state index in [-0.39, 0.29) is 18.8 Å². The summed E-state index contributed by atoms with van der Waals surface area (Å²) in [6.45, 7) is 21.0. The zero-order chi connectivity index (χ0) is 58.4. The van der Waals surface area contributed by atoms with Gasteiger partial charge < -0.3 is 71.9 Å². The second-order valence-corrected chi connectivity index (χ2v) is 18.4. The van der Waals surface area contributed by atoms with Gasteiger partial charge in [-0.15, -0.1) is 13.2 Å². The first kappa shape index (κ1) is 68.7. The molecular formula is C48H80N14O14. The van der Waals surface area contributed by atoms with E-state index in [4.69, 9.17) is 0 Å². The Hall–Kier alpha value is -7.30. The second-order valence-electron chi connectivity index (χ2n) is 18.4. The van der Waals surface area contributed by atoms with Crippen LogP contribution in [-0.2, 0) is 67.1 Å². The molecule has 12 atom stereocenters. The SMILES string of the molecule is C=CCCC(=O)N[C@@H](C)C(=O)N[C@@H](N[C@@H](C=O)C(C)C)C(=O)N(CC=C)[C@@H](NCC=O)C(=O)N[C@@H](C)C(=O)N[C@@H](C)C(=O)N[C@@H](N[C@@H](C=O)CC(C)C)C(=O)N[C@@H](N[C@@H](C)C=O)C(=O)N[C@@H](C)C(=O)N[C@@H](C)C(=O)NC. The number of likely N-dealkylation sites (N-methyl/N-ethyl adjacent to an activating group) is 1. The van der Waals surface area contributed by atoms with E-state index >= 15 is 0 Å². The van der Waals surface area contributed by atoms with E-state index in [0.717, 1.165) is 4.90 Å². The van der Waals surface area contributed by atoms with E-state index in [1.54, 1.807) is 27.7 Å². The van der Waals surface area contributed by atoms with Crippen molar-refractivity contribution in [3.05, 3.63) is 25.3 Å². The van der Waals surface area contributed by atoms with Crippen LogP contribution in [0.3, 0.4) is 0 Å². The van der Waals surface area contributed by atoms with Crippen molar-refractivity contribution in [1.82, 2.24) is 74.0 Å². The van der Waals surface area contributed by atoms with Gasteiger partial charge in [-0.3, -0.25) is 69.2 Å². The van der Waals surface area contributed by atoms with Gasteiger partial charge >= 0.3 is 0 Å². The maximum atomic E-state index is 14.4. The van der Waals surface area contributed by atoms with Gasteiger partial charge in [0.15, 0.2) is 24.7 Å². The first-order valence-electron chi connectivity index (χ1n) is 24.6. The minimum absolute atomic E-state index is 0.0242. The summed E-state index contributed by atoms with van der Waals surface area (Å²) in [5.74, 6) is -9.43. The fraction of sp³-hybridized carbons (Fsp3) is 0.625. The number of amides is 10. The maximum Gasteiger partial charge on any atom is 0.262 e. The van der Waals surface area contributed by atoms with Gasteiger partial charge in [-0.1, -0.05) is 39.8 Å². The third kappa shape index (κ3) is 24.8. The van der Waals surface area contributed by atoms with Crippen LogP contribution in [0.1, 0.15) is 88.5 Å². The molecule has 28 heteroatoms. The number of nitrogens with one attached hydrogen (secondary N) is 13. The fourth-order valence-corrected chi connectivity index (χ4v) is 6.56. The average Bonchev–Trinajstić information content (AvgIpc) is 3.36. The maximum absolute atomic E-state index is 14.4. The number of aldehydes is 4. The highest BCUT2D eigenvalue weighted by Gasteiger charge is 2.38. The van der Waals surface area contributed by atoms with Gasteiger partial charge in [0.2, 0.25) is 35.4 Å². The summed E-state index contributed by atoms with van der Waals surface area (Å²) < 4.78 is 0. The van der Waals surface area contributed by atoms with Crippen molar-refractivity contribution >= 4 is 84.2 Å². The highest BCUT2D eigenvalue weighted by molar-refractivity contribution is 5.98. The summed E-state index contributed by atoms with van der Waals surface area (Å²) >= 11 is 0. The minimum atomic E-state index is -1.80. The fourth-order valence-electron chi connectivity index (χ4n) is 6.56. The minimum Gasteiger partial charge on any atom is -0.357 e. The Morgan fingerprint density at radius 3 is 1.42 bits per heavy atom. The van der Waals surface area contributed by atoms with Crippen LogP contribution in [0.5, 0.6) is 0 Å². The molecule has 76 heavy (non-hydrogen) atoms. The first-order valence-corrected chi connectivity index (χ1v) is 24.6. The molecule has 0 spiro atoms. The molecule has 13 N–H and O–H groups in total. The highest BCUT2D eigenvalue weighted by Crippen LogP contribution is 2.08. The molecule has 0 heterocycles. The predicted octanol–water partition coefficient (Wildman–Crippen LogP) is -5.13. The van der Waals surface area contributed by atoms with E-state index in [1.165, 1.54) is 60.7 Å². The normalized spacial score (nSPS) is 15.7. The van der Waals surface area contributed by atoms with Crippen molar-refractivity contribution in [3.63, 3.8) is 0 Å². The Morgan fingerprint density at radius 2 is 0.961 bits per heavy atom. The summed E-state index contributed by atoms with van der Waals surface area (Å²) in [7, 11) is 1.36. The van der Waals surface area contributed by atoms with Crippen LogP contribution in [0.2, 0.25) is 0 Å². The first-order chi connectivity index (χ1) is 35.7. The smallest absolute Gasteiger partial charge is 0.262 e. The van der Waals surface area contributed by atoms with Crippen molar-refractivity contribution in [2.75, 3.05) is 20.1 Å². The van der Waals surface area contributed by atoms with E-state index in [1.807, 2.05) is 0 Å². The molecule has 0 bridgehead atoms. The van der Waals surface area contributed by atoms with Gasteiger partial charge in [0, 0.05) is 20.0 Å². The molecule has 0 aromatic carbocycles. The molecule has 0 aliphatic rings. The van der Waals surface area contributed by atoms with Crippen LogP contribution < -0.4 is 69.1 Å². The molecule has 0 aromatic heterocycles. The van der Waals surface area contributed by atoms with Gasteiger partial charge in [0.25, 0.3) is 23.6 Å². The summed E-state index contributed by atoms with van der Waals surface area (Å²) in [4.78, 5) is 182. The van der Waals surface area contributed by atoms with E-state index in [2.05, 4.69) is 82.3 Å². The van der Waals surface area contributed by atoms with Crippen LogP contribution in [-0.4, -0.2) is 182 Å². The number of hydrogen-bond acceptors (Lipinski definition) is 18. The zero-order valence-electron chi connectivity index (χ0n) is 45.2. The molecule has 0 rings (SSSR count). The molecule has 426 valence electrons. The van der Waals surface area contributed by atoms with Crippen molar-refractivity contribution in [2.45, 2.75) is 161 Å². The lowest BCUT2D eigenvalue weighted by atomic mass is 10.0. The summed E-state index contributed by atoms with van der Waals surface area (Å²) in [5, 5.41) is 32.2. The molecule has 0 saturated heterocycles. The lowest BCUT2D eigenvalue weighted by molar-refractivity contribution is -0.146. The molecule has 28 nitrogen and oxygen atoms in total. The lowest BCUT2D eigenvalue weighted by Crippen LogP contribution is -2.67. The van der Waals surface area contributed by atoms with E-state index in [9.17, 15) is 67.1 Å². The third-order valence-corrected chi connectivity index (χ3v) is 10.9. The second kappa shape index (κ2) is 35.8. The molecule has 0 radical (unpaired) electrons. The predicted molar refractivity (Wildman–Crippen MR) is 276 cm³/mol. The Labute approximate surface area is 443 Å². The summed E-state index contributed by atoms with van der Waals surface area (Å²) in [6, 6.07) is -9.57. The molecule has 0 aromatic rings. The van der Waals surface area contributed by atoms with Gasteiger partial charge in [-0.2, -0.15) is 0 Å². The van der Waals surface area contributed by atoms with Crippen molar-refractivity contribution in [1.29, 1.82) is 0 Å². The summed E-state index contributed by atoms with van der Waals surface area (Å²) in [5.41, 5.74) is 0. The van der Waals surface area contributed by atoms with Gasteiger partial charge in [-0.25, -0.2) is 0 Å². The average molecular weight is 1080 g/mol. The van der Waals surface area contributed by atoms with Crippen molar-refractivity contribution in [3.8, 4) is 0 Å². The molecule has 10 amide bonds. The monoisotopic (exact) mass is 1080 g/mol. The summed E-state index contributed by atoms with van der Waals surface area (Å²) in [6.07, 6.45) is -2.00.